The molecule has 4 rings (SSSR count). The van der Waals surface area contributed by atoms with Crippen LogP contribution >= 0.6 is 38.5 Å². The molecule has 0 amide bonds. The first kappa shape index (κ1) is 14.9. The lowest BCUT2D eigenvalue weighted by Crippen LogP contribution is -2.28. The minimum Gasteiger partial charge on any atom is -0.257 e. The second kappa shape index (κ2) is 5.75. The van der Waals surface area contributed by atoms with Gasteiger partial charge in [-0.1, -0.05) is 87.1 Å². The molecule has 22 heavy (non-hydrogen) atoms. The molecule has 0 spiro atoms. The summed E-state index contributed by atoms with van der Waals surface area (Å²) in [6.07, 6.45) is 22.4. The number of fused-ring (bicyclic) bond motifs is 2. The van der Waals surface area contributed by atoms with E-state index in [-0.39, 0.29) is 3.42 Å². The molecule has 0 N–H and O–H groups in total. The monoisotopic (exact) mass is 465 g/mol. The average molecular weight is 466 g/mol. The van der Waals surface area contributed by atoms with Crippen LogP contribution in [0.25, 0.3) is 0 Å². The van der Waals surface area contributed by atoms with Gasteiger partial charge in [-0.25, -0.2) is 0 Å². The SMILES string of the molecule is BrC1=CC[C@@H](C2=NC3=C4C=CC=CC4(I)CC=C3CC2)C=C1. The first-order valence-corrected chi connectivity index (χ1v) is 9.63. The Labute approximate surface area is 153 Å². The van der Waals surface area contributed by atoms with Crippen LogP contribution in [0, 0.1) is 5.92 Å². The normalized spacial score (nSPS) is 33.0. The van der Waals surface area contributed by atoms with Gasteiger partial charge in [0.05, 0.1) is 9.12 Å². The van der Waals surface area contributed by atoms with Crippen molar-refractivity contribution in [1.29, 1.82) is 0 Å². The van der Waals surface area contributed by atoms with Crippen molar-refractivity contribution in [2.24, 2.45) is 10.9 Å². The summed E-state index contributed by atoms with van der Waals surface area (Å²) in [5.74, 6) is 0.463. The fourth-order valence-electron chi connectivity index (χ4n) is 3.51. The predicted molar refractivity (Wildman–Crippen MR) is 106 cm³/mol. The van der Waals surface area contributed by atoms with E-state index in [0.717, 1.165) is 25.7 Å². The molecular formula is C19H17BrIN. The second-order valence-electron chi connectivity index (χ2n) is 6.17. The molecule has 0 aromatic rings. The molecule has 2 atom stereocenters. The fraction of sp³-hybridized carbons (Fsp3) is 0.316. The molecule has 1 aliphatic heterocycles. The third kappa shape index (κ3) is 2.56. The Kier molecular flexibility index (Phi) is 3.89. The number of hydrogen-bond donors (Lipinski definition) is 0. The summed E-state index contributed by atoms with van der Waals surface area (Å²) in [4.78, 5) is 5.12. The number of aliphatic imine (C=N–C) groups is 1. The number of rotatable bonds is 1. The molecule has 3 aliphatic carbocycles. The predicted octanol–water partition coefficient (Wildman–Crippen LogP) is 5.96. The Bertz CT molecular complexity index is 733. The quantitative estimate of drug-likeness (QED) is 0.334. The van der Waals surface area contributed by atoms with E-state index in [4.69, 9.17) is 4.99 Å². The van der Waals surface area contributed by atoms with Gasteiger partial charge >= 0.3 is 0 Å². The first-order valence-electron chi connectivity index (χ1n) is 7.76. The zero-order chi connectivity index (χ0) is 15.2. The highest BCUT2D eigenvalue weighted by atomic mass is 127. The van der Waals surface area contributed by atoms with Crippen LogP contribution in [-0.2, 0) is 0 Å². The third-order valence-electron chi connectivity index (χ3n) is 4.78. The van der Waals surface area contributed by atoms with Gasteiger partial charge in [0, 0.05) is 16.1 Å². The van der Waals surface area contributed by atoms with E-state index in [1.807, 2.05) is 0 Å². The van der Waals surface area contributed by atoms with Crippen LogP contribution in [0.4, 0.5) is 0 Å². The lowest BCUT2D eigenvalue weighted by molar-refractivity contribution is 0.772. The van der Waals surface area contributed by atoms with E-state index in [9.17, 15) is 0 Å². The van der Waals surface area contributed by atoms with Crippen LogP contribution in [-0.4, -0.2) is 9.13 Å². The zero-order valence-corrected chi connectivity index (χ0v) is 16.0. The van der Waals surface area contributed by atoms with E-state index in [0.29, 0.717) is 5.92 Å². The number of nitrogens with zero attached hydrogens (tertiary/aromatic N) is 1. The first-order chi connectivity index (χ1) is 10.7. The topological polar surface area (TPSA) is 12.4 Å². The van der Waals surface area contributed by atoms with Crippen molar-refractivity contribution in [1.82, 2.24) is 0 Å². The fourth-order valence-corrected chi connectivity index (χ4v) is 4.71. The highest BCUT2D eigenvalue weighted by Gasteiger charge is 2.35. The zero-order valence-electron chi connectivity index (χ0n) is 12.2. The Morgan fingerprint density at radius 3 is 2.91 bits per heavy atom. The Balaban J connectivity index is 1.74. The standard InChI is InChI=1S/C19H17BrIN/c20-15-7-4-13(5-8-15)17-9-6-14-10-12-19(21)11-2-1-3-16(19)18(14)22-17/h1-4,7-8,10-11,13H,5-6,9,12H2/t13-,19?/m0/s1. The molecule has 0 fully saturated rings. The number of halogens is 2. The smallest absolute Gasteiger partial charge is 0.0708 e. The minimum absolute atomic E-state index is 0.0998. The molecule has 0 saturated heterocycles. The van der Waals surface area contributed by atoms with Gasteiger partial charge in [-0.15, -0.1) is 0 Å². The van der Waals surface area contributed by atoms with Crippen LogP contribution < -0.4 is 0 Å². The Morgan fingerprint density at radius 2 is 2.09 bits per heavy atom. The molecule has 0 saturated carbocycles. The van der Waals surface area contributed by atoms with Crippen molar-refractivity contribution >= 4 is 44.2 Å². The van der Waals surface area contributed by atoms with Crippen molar-refractivity contribution in [3.63, 3.8) is 0 Å². The Morgan fingerprint density at radius 1 is 1.18 bits per heavy atom. The molecule has 1 nitrogen and oxygen atoms in total. The van der Waals surface area contributed by atoms with Gasteiger partial charge in [-0.3, -0.25) is 4.99 Å². The van der Waals surface area contributed by atoms with Gasteiger partial charge in [-0.2, -0.15) is 0 Å². The second-order valence-corrected chi connectivity index (χ2v) is 9.01. The number of hydrogen-bond acceptors (Lipinski definition) is 1. The van der Waals surface area contributed by atoms with Crippen LogP contribution in [0.2, 0.25) is 0 Å². The number of alkyl halides is 1. The van der Waals surface area contributed by atoms with Crippen molar-refractivity contribution in [3.05, 3.63) is 69.9 Å². The average Bonchev–Trinajstić information content (AvgIpc) is 2.54. The number of allylic oxidation sites excluding steroid dienone is 11. The van der Waals surface area contributed by atoms with Gasteiger partial charge < -0.3 is 0 Å². The molecule has 0 aromatic heterocycles. The van der Waals surface area contributed by atoms with Crippen molar-refractivity contribution in [3.8, 4) is 0 Å². The van der Waals surface area contributed by atoms with Gasteiger partial charge in [0.1, 0.15) is 0 Å². The summed E-state index contributed by atoms with van der Waals surface area (Å²) < 4.78 is 1.29. The minimum atomic E-state index is 0.0998. The van der Waals surface area contributed by atoms with Gasteiger partial charge in [0.15, 0.2) is 0 Å². The molecule has 4 aliphatic rings. The molecule has 0 bridgehead atoms. The summed E-state index contributed by atoms with van der Waals surface area (Å²) in [5.41, 5.74) is 5.42. The lowest BCUT2D eigenvalue weighted by atomic mass is 9.79. The highest BCUT2D eigenvalue weighted by Crippen LogP contribution is 2.46. The van der Waals surface area contributed by atoms with Crippen LogP contribution in [0.3, 0.4) is 0 Å². The molecule has 1 heterocycles. The summed E-state index contributed by atoms with van der Waals surface area (Å²) in [5, 5.41) is 0. The largest absolute Gasteiger partial charge is 0.257 e. The van der Waals surface area contributed by atoms with Gasteiger partial charge in [0.25, 0.3) is 0 Å². The molecule has 1 unspecified atom stereocenters. The summed E-state index contributed by atoms with van der Waals surface area (Å²) in [7, 11) is 0. The summed E-state index contributed by atoms with van der Waals surface area (Å²) >= 11 is 6.13. The third-order valence-corrected chi connectivity index (χ3v) is 6.74. The van der Waals surface area contributed by atoms with E-state index >= 15 is 0 Å². The van der Waals surface area contributed by atoms with Crippen LogP contribution in [0.15, 0.2) is 74.9 Å². The molecule has 0 radical (unpaired) electrons. The van der Waals surface area contributed by atoms with E-state index in [2.05, 4.69) is 87.1 Å². The van der Waals surface area contributed by atoms with E-state index in [1.54, 1.807) is 0 Å². The van der Waals surface area contributed by atoms with Crippen LogP contribution in [0.5, 0.6) is 0 Å². The maximum Gasteiger partial charge on any atom is 0.0708 e. The van der Waals surface area contributed by atoms with Crippen molar-refractivity contribution in [2.45, 2.75) is 29.1 Å². The lowest BCUT2D eigenvalue weighted by Gasteiger charge is -2.35. The molecule has 112 valence electrons. The Hall–Kier alpha value is -0.680. The maximum atomic E-state index is 5.12. The molecular weight excluding hydrogens is 449 g/mol. The molecule has 3 heteroatoms. The summed E-state index contributed by atoms with van der Waals surface area (Å²) in [6.45, 7) is 0. The maximum absolute atomic E-state index is 5.12. The van der Waals surface area contributed by atoms with Gasteiger partial charge in [-0.05, 0) is 36.8 Å². The highest BCUT2D eigenvalue weighted by molar-refractivity contribution is 14.1. The molecule has 0 aromatic carbocycles. The van der Waals surface area contributed by atoms with E-state index < -0.39 is 0 Å². The van der Waals surface area contributed by atoms with Gasteiger partial charge in [0.2, 0.25) is 0 Å². The van der Waals surface area contributed by atoms with Crippen molar-refractivity contribution < 1.29 is 0 Å². The van der Waals surface area contributed by atoms with Crippen LogP contribution in [0.1, 0.15) is 25.7 Å². The van der Waals surface area contributed by atoms with E-state index in [1.165, 1.54) is 27.0 Å². The summed E-state index contributed by atoms with van der Waals surface area (Å²) in [6, 6.07) is 0. The van der Waals surface area contributed by atoms with Crippen molar-refractivity contribution in [2.75, 3.05) is 0 Å².